The molecule has 2 fully saturated rings. The molecule has 36 heavy (non-hydrogen) atoms. The van der Waals surface area contributed by atoms with Crippen LogP contribution in [0.2, 0.25) is 0 Å². The van der Waals surface area contributed by atoms with E-state index in [0.29, 0.717) is 23.4 Å². The van der Waals surface area contributed by atoms with Gasteiger partial charge in [0, 0.05) is 35.3 Å². The van der Waals surface area contributed by atoms with Crippen LogP contribution in [-0.2, 0) is 16.1 Å². The van der Waals surface area contributed by atoms with Gasteiger partial charge in [0.2, 0.25) is 5.91 Å². The number of aliphatic hydroxyl groups excluding tert-OH is 1. The van der Waals surface area contributed by atoms with Gasteiger partial charge in [-0.25, -0.2) is 9.18 Å². The molecular weight excluding hydrogens is 465 g/mol. The highest BCUT2D eigenvalue weighted by atomic mass is 19.1. The van der Waals surface area contributed by atoms with Crippen LogP contribution in [0, 0.1) is 5.82 Å². The van der Waals surface area contributed by atoms with Crippen LogP contribution >= 0.6 is 0 Å². The van der Waals surface area contributed by atoms with Crippen molar-refractivity contribution in [2.24, 2.45) is 0 Å². The van der Waals surface area contributed by atoms with Crippen LogP contribution < -0.4 is 20.7 Å². The Hall–Kier alpha value is -3.17. The van der Waals surface area contributed by atoms with Crippen molar-refractivity contribution in [2.45, 2.75) is 75.3 Å². The number of hydrogen-bond acceptors (Lipinski definition) is 5. The van der Waals surface area contributed by atoms with Gasteiger partial charge in [0.05, 0.1) is 19.1 Å². The molecule has 2 aromatic carbocycles. The normalized spacial score (nSPS) is 24.9. The summed E-state index contributed by atoms with van der Waals surface area (Å²) >= 11 is 0. The number of benzene rings is 2. The summed E-state index contributed by atoms with van der Waals surface area (Å²) in [4.78, 5) is 25.0. The van der Waals surface area contributed by atoms with Gasteiger partial charge in [-0.1, -0.05) is 31.0 Å². The summed E-state index contributed by atoms with van der Waals surface area (Å²) in [6.07, 6.45) is 3.53. The average molecular weight is 498 g/mol. The Labute approximate surface area is 209 Å². The van der Waals surface area contributed by atoms with Crippen molar-refractivity contribution in [3.63, 3.8) is 0 Å². The SMILES string of the molecule is O=C(C[C@@H]1C[C@@H]2c3cc(NC(=O)NC4CCCC4)ccc3O[C@@H]2[C@@H](CO)O1)NCc1ccccc1F. The van der Waals surface area contributed by atoms with E-state index < -0.39 is 12.2 Å². The van der Waals surface area contributed by atoms with E-state index in [1.165, 1.54) is 6.07 Å². The lowest BCUT2D eigenvalue weighted by molar-refractivity contribution is -0.142. The number of halogens is 1. The number of rotatable bonds is 7. The number of carbonyl (C=O) groups is 2. The Bertz CT molecular complexity index is 1110. The Kier molecular flexibility index (Phi) is 7.38. The first kappa shape index (κ1) is 24.5. The molecule has 5 rings (SSSR count). The first-order valence-corrected chi connectivity index (χ1v) is 12.6. The maximum atomic E-state index is 13.8. The van der Waals surface area contributed by atoms with Crippen LogP contribution in [0.4, 0.5) is 14.9 Å². The van der Waals surface area contributed by atoms with Crippen molar-refractivity contribution < 1.29 is 28.6 Å². The first-order chi connectivity index (χ1) is 17.5. The monoisotopic (exact) mass is 497 g/mol. The van der Waals surface area contributed by atoms with Crippen molar-refractivity contribution in [2.75, 3.05) is 11.9 Å². The molecule has 0 aromatic heterocycles. The maximum absolute atomic E-state index is 13.8. The molecule has 1 saturated heterocycles. The Morgan fingerprint density at radius 2 is 1.92 bits per heavy atom. The molecule has 1 aliphatic carbocycles. The van der Waals surface area contributed by atoms with Crippen molar-refractivity contribution in [3.8, 4) is 5.75 Å². The fraction of sp³-hybridized carbons (Fsp3) is 0.481. The van der Waals surface area contributed by atoms with Crippen LogP contribution in [0.15, 0.2) is 42.5 Å². The minimum absolute atomic E-state index is 0.0880. The summed E-state index contributed by atoms with van der Waals surface area (Å²) in [5.41, 5.74) is 2.01. The predicted molar refractivity (Wildman–Crippen MR) is 131 cm³/mol. The van der Waals surface area contributed by atoms with Gasteiger partial charge < -0.3 is 30.5 Å². The van der Waals surface area contributed by atoms with Crippen molar-refractivity contribution in [3.05, 3.63) is 59.4 Å². The third-order valence-corrected chi connectivity index (χ3v) is 7.29. The summed E-state index contributed by atoms with van der Waals surface area (Å²) in [6, 6.07) is 11.8. The third kappa shape index (κ3) is 5.47. The van der Waals surface area contributed by atoms with Crippen LogP contribution in [0.1, 0.15) is 55.6 Å². The van der Waals surface area contributed by atoms with Crippen LogP contribution in [0.5, 0.6) is 5.75 Å². The summed E-state index contributed by atoms with van der Waals surface area (Å²) in [5, 5.41) is 18.6. The van der Waals surface area contributed by atoms with Crippen LogP contribution in [-0.4, -0.2) is 48.0 Å². The molecule has 3 aliphatic rings. The van der Waals surface area contributed by atoms with Gasteiger partial charge in [-0.05, 0) is 43.5 Å². The van der Waals surface area contributed by atoms with Gasteiger partial charge in [0.1, 0.15) is 23.8 Å². The smallest absolute Gasteiger partial charge is 0.319 e. The first-order valence-electron chi connectivity index (χ1n) is 12.6. The van der Waals surface area contributed by atoms with Gasteiger partial charge in [-0.2, -0.15) is 0 Å². The zero-order chi connectivity index (χ0) is 25.1. The molecule has 1 saturated carbocycles. The quantitative estimate of drug-likeness (QED) is 0.468. The number of anilines is 1. The highest BCUT2D eigenvalue weighted by Gasteiger charge is 2.46. The fourth-order valence-electron chi connectivity index (χ4n) is 5.50. The van der Waals surface area contributed by atoms with Gasteiger partial charge in [0.15, 0.2) is 0 Å². The Morgan fingerprint density at radius 1 is 1.11 bits per heavy atom. The molecule has 0 bridgehead atoms. The largest absolute Gasteiger partial charge is 0.487 e. The van der Waals surface area contributed by atoms with E-state index in [0.717, 1.165) is 31.2 Å². The molecule has 4 N–H and O–H groups in total. The minimum atomic E-state index is -0.581. The predicted octanol–water partition coefficient (Wildman–Crippen LogP) is 3.59. The lowest BCUT2D eigenvalue weighted by atomic mass is 9.84. The molecule has 2 aromatic rings. The average Bonchev–Trinajstić information content (AvgIpc) is 3.50. The molecule has 0 spiro atoms. The van der Waals surface area contributed by atoms with E-state index >= 15 is 0 Å². The number of hydrogen-bond donors (Lipinski definition) is 4. The van der Waals surface area contributed by atoms with Gasteiger partial charge in [0.25, 0.3) is 0 Å². The summed E-state index contributed by atoms with van der Waals surface area (Å²) in [6.45, 7) is -0.144. The van der Waals surface area contributed by atoms with E-state index in [4.69, 9.17) is 9.47 Å². The standard InChI is InChI=1S/C27H32FN3O5/c28-22-8-4-1-5-16(22)14-29-25(33)13-19-12-21-20-11-18(31-27(34)30-17-6-2-3-7-17)9-10-23(20)36-26(21)24(15-32)35-19/h1,4-5,8-11,17,19,21,24,26,32H,2-3,6-7,12-15H2,(H,29,33)(H2,30,31,34)/t19-,21+,24+,26-/m0/s1. The number of aliphatic hydroxyl groups is 1. The topological polar surface area (TPSA) is 109 Å². The number of nitrogens with one attached hydrogen (secondary N) is 3. The van der Waals surface area contributed by atoms with Crippen LogP contribution in [0.25, 0.3) is 0 Å². The maximum Gasteiger partial charge on any atom is 0.319 e. The Morgan fingerprint density at radius 3 is 2.69 bits per heavy atom. The second kappa shape index (κ2) is 10.8. The van der Waals surface area contributed by atoms with Crippen molar-refractivity contribution >= 4 is 17.6 Å². The molecule has 0 unspecified atom stereocenters. The number of ether oxygens (including phenoxy) is 2. The number of fused-ring (bicyclic) bond motifs is 3. The van der Waals surface area contributed by atoms with E-state index in [1.807, 2.05) is 12.1 Å². The van der Waals surface area contributed by atoms with E-state index in [-0.39, 0.29) is 55.4 Å². The van der Waals surface area contributed by atoms with E-state index in [1.54, 1.807) is 24.3 Å². The van der Waals surface area contributed by atoms with E-state index in [9.17, 15) is 19.1 Å². The number of amides is 3. The Balaban J connectivity index is 1.22. The highest BCUT2D eigenvalue weighted by molar-refractivity contribution is 5.89. The molecule has 8 nitrogen and oxygen atoms in total. The van der Waals surface area contributed by atoms with E-state index in [2.05, 4.69) is 16.0 Å². The van der Waals surface area contributed by atoms with Gasteiger partial charge in [-0.15, -0.1) is 0 Å². The second-order valence-electron chi connectivity index (χ2n) is 9.81. The molecule has 192 valence electrons. The number of carbonyl (C=O) groups excluding carboxylic acids is 2. The highest BCUT2D eigenvalue weighted by Crippen LogP contribution is 2.47. The van der Waals surface area contributed by atoms with Crippen LogP contribution in [0.3, 0.4) is 0 Å². The third-order valence-electron chi connectivity index (χ3n) is 7.29. The summed E-state index contributed by atoms with van der Waals surface area (Å²) in [5.74, 6) is -0.0131. The number of urea groups is 1. The lowest BCUT2D eigenvalue weighted by Crippen LogP contribution is -2.47. The van der Waals surface area contributed by atoms with Gasteiger partial charge >= 0.3 is 6.03 Å². The van der Waals surface area contributed by atoms with Crippen molar-refractivity contribution in [1.29, 1.82) is 0 Å². The molecule has 3 amide bonds. The molecule has 4 atom stereocenters. The second-order valence-corrected chi connectivity index (χ2v) is 9.81. The lowest BCUT2D eigenvalue weighted by Gasteiger charge is -2.37. The fourth-order valence-corrected chi connectivity index (χ4v) is 5.50. The van der Waals surface area contributed by atoms with Crippen molar-refractivity contribution in [1.82, 2.24) is 10.6 Å². The molecular formula is C27H32FN3O5. The zero-order valence-electron chi connectivity index (χ0n) is 20.0. The minimum Gasteiger partial charge on any atom is -0.487 e. The summed E-state index contributed by atoms with van der Waals surface area (Å²) in [7, 11) is 0. The molecule has 2 aliphatic heterocycles. The molecule has 9 heteroatoms. The zero-order valence-corrected chi connectivity index (χ0v) is 20.0. The summed E-state index contributed by atoms with van der Waals surface area (Å²) < 4.78 is 26.0. The van der Waals surface area contributed by atoms with Gasteiger partial charge in [-0.3, -0.25) is 4.79 Å². The molecule has 2 heterocycles. The molecule has 0 radical (unpaired) electrons.